The fourth-order valence-corrected chi connectivity index (χ4v) is 2.91. The third kappa shape index (κ3) is 2.21. The molecule has 1 aliphatic rings. The molecule has 2 heterocycles. The first-order valence-corrected chi connectivity index (χ1v) is 7.24. The van der Waals surface area contributed by atoms with Crippen LogP contribution in [0.15, 0.2) is 60.8 Å². The molecule has 0 spiro atoms. The molecule has 0 amide bonds. The van der Waals surface area contributed by atoms with Gasteiger partial charge in [-0.1, -0.05) is 24.3 Å². The number of nitrogens with zero attached hydrogens (tertiary/aromatic N) is 1. The molecule has 3 aromatic rings. The Balaban J connectivity index is 1.73. The van der Waals surface area contributed by atoms with E-state index in [2.05, 4.69) is 34.6 Å². The number of fused-ring (bicyclic) bond motifs is 2. The van der Waals surface area contributed by atoms with Crippen molar-refractivity contribution in [2.45, 2.75) is 12.5 Å². The molecule has 1 unspecified atom stereocenters. The second-order valence-electron chi connectivity index (χ2n) is 5.25. The molecule has 3 heteroatoms. The SMILES string of the molecule is c1ccc2c(c1)OCCC2Nc1cccc2ncccc12. The summed E-state index contributed by atoms with van der Waals surface area (Å²) in [4.78, 5) is 4.41. The number of pyridine rings is 1. The van der Waals surface area contributed by atoms with Gasteiger partial charge in [0.25, 0.3) is 0 Å². The van der Waals surface area contributed by atoms with Crippen LogP contribution in [-0.2, 0) is 0 Å². The summed E-state index contributed by atoms with van der Waals surface area (Å²) in [5, 5.41) is 4.82. The van der Waals surface area contributed by atoms with Gasteiger partial charge in [-0.05, 0) is 30.3 Å². The van der Waals surface area contributed by atoms with Gasteiger partial charge in [0.1, 0.15) is 5.75 Å². The number of nitrogens with one attached hydrogen (secondary N) is 1. The first kappa shape index (κ1) is 12.2. The maximum atomic E-state index is 5.73. The Kier molecular flexibility index (Phi) is 2.96. The highest BCUT2D eigenvalue weighted by Crippen LogP contribution is 2.35. The summed E-state index contributed by atoms with van der Waals surface area (Å²) >= 11 is 0. The molecule has 3 nitrogen and oxygen atoms in total. The monoisotopic (exact) mass is 276 g/mol. The first-order chi connectivity index (χ1) is 10.4. The average molecular weight is 276 g/mol. The number of hydrogen-bond donors (Lipinski definition) is 1. The smallest absolute Gasteiger partial charge is 0.124 e. The van der Waals surface area contributed by atoms with E-state index in [9.17, 15) is 0 Å². The van der Waals surface area contributed by atoms with Crippen LogP contribution in [0.25, 0.3) is 10.9 Å². The summed E-state index contributed by atoms with van der Waals surface area (Å²) in [6.45, 7) is 0.748. The van der Waals surface area contributed by atoms with Crippen molar-refractivity contribution in [2.75, 3.05) is 11.9 Å². The second-order valence-corrected chi connectivity index (χ2v) is 5.25. The number of benzene rings is 2. The predicted molar refractivity (Wildman–Crippen MR) is 84.7 cm³/mol. The number of aromatic nitrogens is 1. The van der Waals surface area contributed by atoms with Gasteiger partial charge in [-0.3, -0.25) is 4.98 Å². The molecule has 4 rings (SSSR count). The molecule has 21 heavy (non-hydrogen) atoms. The summed E-state index contributed by atoms with van der Waals surface area (Å²) < 4.78 is 5.73. The van der Waals surface area contributed by atoms with Crippen molar-refractivity contribution in [1.82, 2.24) is 4.98 Å². The normalized spacial score (nSPS) is 17.0. The van der Waals surface area contributed by atoms with Crippen LogP contribution in [0.3, 0.4) is 0 Å². The Hall–Kier alpha value is -2.55. The maximum Gasteiger partial charge on any atom is 0.124 e. The molecule has 0 bridgehead atoms. The van der Waals surface area contributed by atoms with Gasteiger partial charge in [0.2, 0.25) is 0 Å². The number of rotatable bonds is 2. The average Bonchev–Trinajstić information content (AvgIpc) is 2.56. The fourth-order valence-electron chi connectivity index (χ4n) is 2.91. The van der Waals surface area contributed by atoms with Crippen LogP contribution >= 0.6 is 0 Å². The van der Waals surface area contributed by atoms with Crippen molar-refractivity contribution in [3.8, 4) is 5.75 Å². The third-order valence-electron chi connectivity index (χ3n) is 3.93. The van der Waals surface area contributed by atoms with Gasteiger partial charge < -0.3 is 10.1 Å². The zero-order chi connectivity index (χ0) is 14.1. The van der Waals surface area contributed by atoms with E-state index in [0.717, 1.165) is 35.4 Å². The quantitative estimate of drug-likeness (QED) is 0.762. The lowest BCUT2D eigenvalue weighted by Gasteiger charge is -2.27. The highest BCUT2D eigenvalue weighted by molar-refractivity contribution is 5.91. The molecule has 2 aromatic carbocycles. The minimum atomic E-state index is 0.278. The lowest BCUT2D eigenvalue weighted by molar-refractivity contribution is 0.274. The van der Waals surface area contributed by atoms with Crippen LogP contribution in [0.1, 0.15) is 18.0 Å². The molecule has 1 aliphatic heterocycles. The van der Waals surface area contributed by atoms with E-state index >= 15 is 0 Å². The summed E-state index contributed by atoms with van der Waals surface area (Å²) in [6.07, 6.45) is 2.80. The number of para-hydroxylation sites is 1. The zero-order valence-electron chi connectivity index (χ0n) is 11.6. The molecule has 1 atom stereocenters. The molecular formula is C18H16N2O. The minimum absolute atomic E-state index is 0.278. The van der Waals surface area contributed by atoms with E-state index in [4.69, 9.17) is 4.74 Å². The molecule has 0 saturated carbocycles. The van der Waals surface area contributed by atoms with Gasteiger partial charge >= 0.3 is 0 Å². The van der Waals surface area contributed by atoms with Crippen molar-refractivity contribution in [3.63, 3.8) is 0 Å². The van der Waals surface area contributed by atoms with Crippen LogP contribution in [0.5, 0.6) is 5.75 Å². The largest absolute Gasteiger partial charge is 0.493 e. The molecule has 104 valence electrons. The standard InChI is InChI=1S/C18H16N2O/c1-2-9-18-14(5-1)17(10-12-21-18)20-16-8-3-7-15-13(16)6-4-11-19-15/h1-9,11,17,20H,10,12H2. The molecule has 1 aromatic heterocycles. The number of anilines is 1. The Morgan fingerprint density at radius 2 is 1.95 bits per heavy atom. The van der Waals surface area contributed by atoms with Crippen molar-refractivity contribution < 1.29 is 4.74 Å². The Bertz CT molecular complexity index is 780. The lowest BCUT2D eigenvalue weighted by Crippen LogP contribution is -2.20. The van der Waals surface area contributed by atoms with E-state index in [1.165, 1.54) is 5.56 Å². The highest BCUT2D eigenvalue weighted by Gasteiger charge is 2.21. The first-order valence-electron chi connectivity index (χ1n) is 7.24. The summed E-state index contributed by atoms with van der Waals surface area (Å²) in [5.41, 5.74) is 3.37. The molecular weight excluding hydrogens is 260 g/mol. The molecule has 0 saturated heterocycles. The third-order valence-corrected chi connectivity index (χ3v) is 3.93. The van der Waals surface area contributed by atoms with E-state index in [-0.39, 0.29) is 6.04 Å². The fraction of sp³-hybridized carbons (Fsp3) is 0.167. The Labute approximate surface area is 123 Å². The zero-order valence-corrected chi connectivity index (χ0v) is 11.6. The Morgan fingerprint density at radius 1 is 1.00 bits per heavy atom. The van der Waals surface area contributed by atoms with Crippen LogP contribution in [-0.4, -0.2) is 11.6 Å². The van der Waals surface area contributed by atoms with Crippen molar-refractivity contribution in [3.05, 3.63) is 66.4 Å². The van der Waals surface area contributed by atoms with Crippen LogP contribution in [0.4, 0.5) is 5.69 Å². The lowest BCUT2D eigenvalue weighted by atomic mass is 10.00. The van der Waals surface area contributed by atoms with Crippen molar-refractivity contribution in [2.24, 2.45) is 0 Å². The van der Waals surface area contributed by atoms with Gasteiger partial charge in [-0.25, -0.2) is 0 Å². The van der Waals surface area contributed by atoms with E-state index in [1.807, 2.05) is 36.5 Å². The van der Waals surface area contributed by atoms with Gasteiger partial charge in [0.05, 0.1) is 18.2 Å². The van der Waals surface area contributed by atoms with Crippen molar-refractivity contribution in [1.29, 1.82) is 0 Å². The minimum Gasteiger partial charge on any atom is -0.493 e. The number of hydrogen-bond acceptors (Lipinski definition) is 3. The molecule has 0 fully saturated rings. The number of ether oxygens (including phenoxy) is 1. The van der Waals surface area contributed by atoms with Gasteiger partial charge in [0, 0.05) is 29.3 Å². The van der Waals surface area contributed by atoms with E-state index in [0.29, 0.717) is 0 Å². The topological polar surface area (TPSA) is 34.1 Å². The summed E-state index contributed by atoms with van der Waals surface area (Å²) in [7, 11) is 0. The maximum absolute atomic E-state index is 5.73. The molecule has 0 radical (unpaired) electrons. The van der Waals surface area contributed by atoms with E-state index < -0.39 is 0 Å². The predicted octanol–water partition coefficient (Wildman–Crippen LogP) is 4.17. The Morgan fingerprint density at radius 3 is 2.95 bits per heavy atom. The summed E-state index contributed by atoms with van der Waals surface area (Å²) in [6, 6.07) is 18.8. The van der Waals surface area contributed by atoms with Gasteiger partial charge in [0.15, 0.2) is 0 Å². The van der Waals surface area contributed by atoms with Gasteiger partial charge in [-0.15, -0.1) is 0 Å². The molecule has 0 aliphatic carbocycles. The van der Waals surface area contributed by atoms with Crippen LogP contribution in [0.2, 0.25) is 0 Å². The van der Waals surface area contributed by atoms with Crippen LogP contribution in [0, 0.1) is 0 Å². The van der Waals surface area contributed by atoms with Crippen LogP contribution < -0.4 is 10.1 Å². The van der Waals surface area contributed by atoms with E-state index in [1.54, 1.807) is 0 Å². The van der Waals surface area contributed by atoms with Crippen molar-refractivity contribution >= 4 is 16.6 Å². The summed E-state index contributed by atoms with van der Waals surface area (Å²) in [5.74, 6) is 0.986. The van der Waals surface area contributed by atoms with Gasteiger partial charge in [-0.2, -0.15) is 0 Å². The second kappa shape index (κ2) is 5.09. The highest BCUT2D eigenvalue weighted by atomic mass is 16.5. The molecule has 1 N–H and O–H groups in total.